The quantitative estimate of drug-likeness (QED) is 0.770. The number of benzene rings is 1. The first-order valence-electron chi connectivity index (χ1n) is 11.3. The normalized spacial score (nSPS) is 27.8. The van der Waals surface area contributed by atoms with Crippen LogP contribution < -0.4 is 5.32 Å². The Balaban J connectivity index is 1.21. The van der Waals surface area contributed by atoms with Crippen LogP contribution in [0.3, 0.4) is 0 Å². The predicted molar refractivity (Wildman–Crippen MR) is 118 cm³/mol. The van der Waals surface area contributed by atoms with Gasteiger partial charge in [-0.3, -0.25) is 0 Å². The summed E-state index contributed by atoms with van der Waals surface area (Å²) >= 11 is 0. The first-order chi connectivity index (χ1) is 15.6. The summed E-state index contributed by atoms with van der Waals surface area (Å²) in [4.78, 5) is 2.50. The minimum absolute atomic E-state index is 0.185. The van der Waals surface area contributed by atoms with E-state index in [0.29, 0.717) is 54.3 Å². The molecule has 0 radical (unpaired) electrons. The number of fused-ring (bicyclic) bond motifs is 1. The van der Waals surface area contributed by atoms with Crippen LogP contribution in [0.4, 0.5) is 10.2 Å². The molecule has 32 heavy (non-hydrogen) atoms. The number of hydrogen-bond donors (Lipinski definition) is 1. The average Bonchev–Trinajstić information content (AvgIpc) is 3.34. The minimum Gasteiger partial charge on any atom is -0.376 e. The highest BCUT2D eigenvalue weighted by atomic mass is 19.1. The Kier molecular flexibility index (Phi) is 6.05. The molecule has 8 heteroatoms. The Morgan fingerprint density at radius 3 is 2.72 bits per heavy atom. The molecule has 2 aliphatic heterocycles. The number of likely N-dealkylation sites (tertiary alicyclic amines) is 1. The van der Waals surface area contributed by atoms with E-state index >= 15 is 0 Å². The third kappa shape index (κ3) is 4.46. The number of nitrogens with one attached hydrogen (secondary N) is 1. The molecular weight excluding hydrogens is 409 g/mol. The van der Waals surface area contributed by atoms with E-state index in [1.54, 1.807) is 12.1 Å². The Hall–Kier alpha value is -2.60. The number of rotatable bonds is 5. The van der Waals surface area contributed by atoms with Gasteiger partial charge in [-0.2, -0.15) is 5.26 Å². The van der Waals surface area contributed by atoms with E-state index in [-0.39, 0.29) is 18.0 Å². The maximum atomic E-state index is 13.7. The van der Waals surface area contributed by atoms with Crippen LogP contribution in [0, 0.1) is 35.9 Å². The highest BCUT2D eigenvalue weighted by molar-refractivity contribution is 5.67. The molecule has 3 heterocycles. The standard InChI is InChI=1S/C24H28FN5O2/c1-15-2-3-19(25)9-22(15)23-8-16(10-26)24(29-28-23)27-20-6-17-11-30(12-18(17)7-20)13-21-14-31-4-5-32-21/h2-3,8-9,17-18,20-21H,4-7,11-14H2,1H3,(H,27,29)/t17-,18+,20+,21-/m0/s1. The molecule has 1 aromatic carbocycles. The van der Waals surface area contributed by atoms with Gasteiger partial charge in [0.2, 0.25) is 0 Å². The van der Waals surface area contributed by atoms with E-state index < -0.39 is 0 Å². The van der Waals surface area contributed by atoms with E-state index in [2.05, 4.69) is 26.5 Å². The van der Waals surface area contributed by atoms with Crippen molar-refractivity contribution in [1.29, 1.82) is 5.26 Å². The van der Waals surface area contributed by atoms with Crippen LogP contribution >= 0.6 is 0 Å². The molecule has 5 rings (SSSR count). The van der Waals surface area contributed by atoms with Crippen LogP contribution in [-0.4, -0.2) is 66.7 Å². The van der Waals surface area contributed by atoms with Crippen LogP contribution in [0.5, 0.6) is 0 Å². The van der Waals surface area contributed by atoms with E-state index in [1.165, 1.54) is 12.1 Å². The summed E-state index contributed by atoms with van der Waals surface area (Å²) in [6.45, 7) is 7.08. The summed E-state index contributed by atoms with van der Waals surface area (Å²) in [5.41, 5.74) is 2.50. The van der Waals surface area contributed by atoms with Crippen molar-refractivity contribution in [2.75, 3.05) is 44.8 Å². The van der Waals surface area contributed by atoms with Crippen LogP contribution in [-0.2, 0) is 9.47 Å². The number of nitrogens with zero attached hydrogens (tertiary/aromatic N) is 4. The average molecular weight is 438 g/mol. The number of anilines is 1. The third-order valence-electron chi connectivity index (χ3n) is 6.90. The molecule has 0 amide bonds. The lowest BCUT2D eigenvalue weighted by Crippen LogP contribution is -2.39. The lowest BCUT2D eigenvalue weighted by molar-refractivity contribution is -0.0964. The molecule has 1 aliphatic carbocycles. The van der Waals surface area contributed by atoms with Gasteiger partial charge in [-0.25, -0.2) is 4.39 Å². The van der Waals surface area contributed by atoms with E-state index in [4.69, 9.17) is 9.47 Å². The predicted octanol–water partition coefficient (Wildman–Crippen LogP) is 3.00. The Morgan fingerprint density at radius 2 is 2.00 bits per heavy atom. The molecule has 168 valence electrons. The van der Waals surface area contributed by atoms with Crippen molar-refractivity contribution in [3.63, 3.8) is 0 Å². The fraction of sp³-hybridized carbons (Fsp3) is 0.542. The van der Waals surface area contributed by atoms with Crippen LogP contribution in [0.25, 0.3) is 11.3 Å². The molecule has 1 aromatic heterocycles. The second kappa shape index (κ2) is 9.10. The first-order valence-corrected chi connectivity index (χ1v) is 11.3. The highest BCUT2D eigenvalue weighted by Crippen LogP contribution is 2.39. The van der Waals surface area contributed by atoms with Crippen molar-refractivity contribution in [3.05, 3.63) is 41.2 Å². The van der Waals surface area contributed by atoms with Crippen molar-refractivity contribution in [3.8, 4) is 17.3 Å². The Morgan fingerprint density at radius 1 is 1.19 bits per heavy atom. The molecule has 4 atom stereocenters. The molecule has 3 fully saturated rings. The van der Waals surface area contributed by atoms with Crippen molar-refractivity contribution in [2.24, 2.45) is 11.8 Å². The minimum atomic E-state index is -0.331. The second-order valence-corrected chi connectivity index (χ2v) is 9.18. The zero-order valence-electron chi connectivity index (χ0n) is 18.3. The lowest BCUT2D eigenvalue weighted by atomic mass is 10.0. The molecule has 1 saturated carbocycles. The van der Waals surface area contributed by atoms with Gasteiger partial charge in [-0.1, -0.05) is 6.07 Å². The van der Waals surface area contributed by atoms with E-state index in [1.807, 2.05) is 6.92 Å². The van der Waals surface area contributed by atoms with E-state index in [0.717, 1.165) is 38.0 Å². The molecule has 1 N–H and O–H groups in total. The van der Waals surface area contributed by atoms with E-state index in [9.17, 15) is 9.65 Å². The van der Waals surface area contributed by atoms with Gasteiger partial charge in [0.1, 0.15) is 11.9 Å². The zero-order chi connectivity index (χ0) is 22.1. The largest absolute Gasteiger partial charge is 0.376 e. The van der Waals surface area contributed by atoms with Gasteiger partial charge < -0.3 is 19.7 Å². The van der Waals surface area contributed by atoms with Gasteiger partial charge in [0.05, 0.1) is 37.2 Å². The zero-order valence-corrected chi connectivity index (χ0v) is 18.3. The highest BCUT2D eigenvalue weighted by Gasteiger charge is 2.41. The summed E-state index contributed by atoms with van der Waals surface area (Å²) in [6, 6.07) is 8.76. The molecule has 2 aromatic rings. The van der Waals surface area contributed by atoms with Crippen molar-refractivity contribution < 1.29 is 13.9 Å². The number of halogens is 1. The fourth-order valence-electron chi connectivity index (χ4n) is 5.37. The summed E-state index contributed by atoms with van der Waals surface area (Å²) in [5, 5.41) is 21.7. The van der Waals surface area contributed by atoms with Gasteiger partial charge in [-0.15, -0.1) is 10.2 Å². The maximum absolute atomic E-state index is 13.7. The molecule has 2 saturated heterocycles. The molecule has 7 nitrogen and oxygen atoms in total. The number of aromatic nitrogens is 2. The monoisotopic (exact) mass is 437 g/mol. The number of hydrogen-bond acceptors (Lipinski definition) is 7. The number of aryl methyl sites for hydroxylation is 1. The van der Waals surface area contributed by atoms with Gasteiger partial charge in [0.25, 0.3) is 0 Å². The SMILES string of the molecule is Cc1ccc(F)cc1-c1cc(C#N)c(N[C@H]2C[C@@H]3CN(C[C@H]4COCCO4)C[C@@H]3C2)nn1. The van der Waals surface area contributed by atoms with Gasteiger partial charge in [-0.05, 0) is 55.4 Å². The second-order valence-electron chi connectivity index (χ2n) is 9.18. The van der Waals surface area contributed by atoms with Gasteiger partial charge >= 0.3 is 0 Å². The Labute approximate surface area is 187 Å². The van der Waals surface area contributed by atoms with Crippen LogP contribution in [0.15, 0.2) is 24.3 Å². The maximum Gasteiger partial charge on any atom is 0.166 e. The molecule has 3 aliphatic rings. The lowest BCUT2D eigenvalue weighted by Gasteiger charge is -2.28. The molecular formula is C24H28FN5O2. The van der Waals surface area contributed by atoms with Crippen molar-refractivity contribution in [2.45, 2.75) is 31.9 Å². The summed E-state index contributed by atoms with van der Waals surface area (Å²) in [7, 11) is 0. The topological polar surface area (TPSA) is 83.3 Å². The van der Waals surface area contributed by atoms with Crippen LogP contribution in [0.1, 0.15) is 24.0 Å². The smallest absolute Gasteiger partial charge is 0.166 e. The number of ether oxygens (including phenoxy) is 2. The summed E-state index contributed by atoms with van der Waals surface area (Å²) < 4.78 is 25.0. The summed E-state index contributed by atoms with van der Waals surface area (Å²) in [6.07, 6.45) is 2.30. The third-order valence-corrected chi connectivity index (χ3v) is 6.90. The summed E-state index contributed by atoms with van der Waals surface area (Å²) in [5.74, 6) is 1.47. The number of nitriles is 1. The van der Waals surface area contributed by atoms with Gasteiger partial charge in [0, 0.05) is 31.2 Å². The van der Waals surface area contributed by atoms with Crippen molar-refractivity contribution >= 4 is 5.82 Å². The van der Waals surface area contributed by atoms with Crippen LogP contribution in [0.2, 0.25) is 0 Å². The Bertz CT molecular complexity index is 1010. The van der Waals surface area contributed by atoms with Gasteiger partial charge in [0.15, 0.2) is 5.82 Å². The molecule has 0 bridgehead atoms. The first kappa shape index (κ1) is 21.3. The fourth-order valence-corrected chi connectivity index (χ4v) is 5.37. The molecule has 0 spiro atoms. The molecule has 0 unspecified atom stereocenters. The van der Waals surface area contributed by atoms with Crippen molar-refractivity contribution in [1.82, 2.24) is 15.1 Å².